The molecule has 1 aliphatic rings. The van der Waals surface area contributed by atoms with Gasteiger partial charge in [-0.2, -0.15) is 0 Å². The Morgan fingerprint density at radius 3 is 2.14 bits per heavy atom. The molecule has 0 saturated heterocycles. The molecule has 0 aromatic heterocycles. The number of rotatable bonds is 1. The first-order chi connectivity index (χ1) is 3.22. The number of hydrogen-bond acceptors (Lipinski definition) is 2. The molecule has 1 fully saturated rings. The smallest absolute Gasteiger partial charge is 0.222 e. The summed E-state index contributed by atoms with van der Waals surface area (Å²) in [6, 6.07) is 0.0671. The van der Waals surface area contributed by atoms with Crippen LogP contribution in [-0.2, 0) is 4.79 Å². The van der Waals surface area contributed by atoms with Gasteiger partial charge in [0.05, 0.1) is 5.92 Å². The standard InChI is InChI=1S/C4H8N2O/c5-3-1-2(3)4(6)7/h2-3H,1,5H2,(H2,6,7). The SMILES string of the molecule is NC(=O)C1CC1N. The molecule has 0 bridgehead atoms. The van der Waals surface area contributed by atoms with E-state index < -0.39 is 0 Å². The van der Waals surface area contributed by atoms with Crippen LogP contribution >= 0.6 is 0 Å². The van der Waals surface area contributed by atoms with Gasteiger partial charge in [-0.25, -0.2) is 0 Å². The van der Waals surface area contributed by atoms with Crippen molar-refractivity contribution < 1.29 is 4.79 Å². The molecule has 1 amide bonds. The van der Waals surface area contributed by atoms with Crippen molar-refractivity contribution in [3.8, 4) is 0 Å². The van der Waals surface area contributed by atoms with Crippen molar-refractivity contribution >= 4 is 5.91 Å². The molecule has 7 heavy (non-hydrogen) atoms. The summed E-state index contributed by atoms with van der Waals surface area (Å²) in [6.07, 6.45) is 0.787. The van der Waals surface area contributed by atoms with Crippen LogP contribution in [0.3, 0.4) is 0 Å². The van der Waals surface area contributed by atoms with Gasteiger partial charge < -0.3 is 11.5 Å². The van der Waals surface area contributed by atoms with E-state index >= 15 is 0 Å². The van der Waals surface area contributed by atoms with Crippen LogP contribution in [0.5, 0.6) is 0 Å². The maximum absolute atomic E-state index is 10.1. The molecule has 3 heteroatoms. The number of carbonyl (C=O) groups excluding carboxylic acids is 1. The van der Waals surface area contributed by atoms with E-state index in [-0.39, 0.29) is 17.9 Å². The first-order valence-corrected chi connectivity index (χ1v) is 2.26. The molecule has 0 aromatic carbocycles. The van der Waals surface area contributed by atoms with Crippen LogP contribution in [0.15, 0.2) is 0 Å². The lowest BCUT2D eigenvalue weighted by molar-refractivity contribution is -0.119. The van der Waals surface area contributed by atoms with Gasteiger partial charge in [0.1, 0.15) is 0 Å². The summed E-state index contributed by atoms with van der Waals surface area (Å²) in [4.78, 5) is 10.1. The van der Waals surface area contributed by atoms with Crippen molar-refractivity contribution in [2.45, 2.75) is 12.5 Å². The molecule has 0 aliphatic heterocycles. The quantitative estimate of drug-likeness (QED) is 0.435. The van der Waals surface area contributed by atoms with Crippen LogP contribution in [0.25, 0.3) is 0 Å². The molecule has 40 valence electrons. The molecular weight excluding hydrogens is 92.1 g/mol. The van der Waals surface area contributed by atoms with Crippen molar-refractivity contribution in [3.63, 3.8) is 0 Å². The van der Waals surface area contributed by atoms with E-state index in [1.165, 1.54) is 0 Å². The molecule has 1 saturated carbocycles. The number of nitrogens with two attached hydrogens (primary N) is 2. The highest BCUT2D eigenvalue weighted by Crippen LogP contribution is 2.26. The van der Waals surface area contributed by atoms with Gasteiger partial charge in [0, 0.05) is 6.04 Å². The second-order valence-corrected chi connectivity index (χ2v) is 1.91. The van der Waals surface area contributed by atoms with Crippen LogP contribution in [0, 0.1) is 5.92 Å². The van der Waals surface area contributed by atoms with Crippen LogP contribution < -0.4 is 11.5 Å². The van der Waals surface area contributed by atoms with Gasteiger partial charge >= 0.3 is 0 Å². The van der Waals surface area contributed by atoms with E-state index in [2.05, 4.69) is 0 Å². The molecule has 0 heterocycles. The second kappa shape index (κ2) is 1.20. The summed E-state index contributed by atoms with van der Waals surface area (Å²) in [5.41, 5.74) is 10.1. The van der Waals surface area contributed by atoms with Gasteiger partial charge in [-0.05, 0) is 6.42 Å². The largest absolute Gasteiger partial charge is 0.369 e. The Bertz CT molecular complexity index is 102. The van der Waals surface area contributed by atoms with Crippen molar-refractivity contribution in [2.24, 2.45) is 17.4 Å². The maximum Gasteiger partial charge on any atom is 0.222 e. The molecule has 0 radical (unpaired) electrons. The monoisotopic (exact) mass is 100 g/mol. The molecule has 1 aliphatic carbocycles. The van der Waals surface area contributed by atoms with E-state index in [9.17, 15) is 4.79 Å². The summed E-state index contributed by atoms with van der Waals surface area (Å²) in [7, 11) is 0. The molecule has 3 nitrogen and oxygen atoms in total. The van der Waals surface area contributed by atoms with Crippen molar-refractivity contribution in [1.29, 1.82) is 0 Å². The van der Waals surface area contributed by atoms with Gasteiger partial charge in [0.15, 0.2) is 0 Å². The van der Waals surface area contributed by atoms with Gasteiger partial charge in [-0.1, -0.05) is 0 Å². The minimum absolute atomic E-state index is 0.0139. The fourth-order valence-corrected chi connectivity index (χ4v) is 0.542. The summed E-state index contributed by atoms with van der Waals surface area (Å²) < 4.78 is 0. The highest BCUT2D eigenvalue weighted by molar-refractivity contribution is 5.80. The number of hydrogen-bond donors (Lipinski definition) is 2. The Labute approximate surface area is 41.7 Å². The van der Waals surface area contributed by atoms with Crippen LogP contribution in [-0.4, -0.2) is 11.9 Å². The second-order valence-electron chi connectivity index (χ2n) is 1.91. The normalized spacial score (nSPS) is 37.9. The highest BCUT2D eigenvalue weighted by Gasteiger charge is 2.38. The lowest BCUT2D eigenvalue weighted by Crippen LogP contribution is -2.18. The summed E-state index contributed by atoms with van der Waals surface area (Å²) in [5.74, 6) is -0.271. The first kappa shape index (κ1) is 4.59. The van der Waals surface area contributed by atoms with Gasteiger partial charge in [-0.3, -0.25) is 4.79 Å². The number of primary amides is 1. The Morgan fingerprint density at radius 2 is 2.14 bits per heavy atom. The zero-order valence-corrected chi connectivity index (χ0v) is 3.92. The first-order valence-electron chi connectivity index (χ1n) is 2.26. The summed E-state index contributed by atoms with van der Waals surface area (Å²) in [6.45, 7) is 0. The third kappa shape index (κ3) is 0.718. The average molecular weight is 100 g/mol. The van der Waals surface area contributed by atoms with E-state index in [4.69, 9.17) is 11.5 Å². The zero-order chi connectivity index (χ0) is 5.44. The summed E-state index contributed by atoms with van der Waals surface area (Å²) in [5, 5.41) is 0. The Balaban J connectivity index is 2.33. The lowest BCUT2D eigenvalue weighted by Gasteiger charge is -1.81. The maximum atomic E-state index is 10.1. The van der Waals surface area contributed by atoms with Crippen LogP contribution in [0.1, 0.15) is 6.42 Å². The van der Waals surface area contributed by atoms with E-state index in [0.29, 0.717) is 0 Å². The number of carbonyl (C=O) groups is 1. The van der Waals surface area contributed by atoms with Crippen LogP contribution in [0.2, 0.25) is 0 Å². The molecular formula is C4H8N2O. The van der Waals surface area contributed by atoms with E-state index in [1.807, 2.05) is 0 Å². The van der Waals surface area contributed by atoms with Crippen LogP contribution in [0.4, 0.5) is 0 Å². The summed E-state index contributed by atoms with van der Waals surface area (Å²) >= 11 is 0. The third-order valence-corrected chi connectivity index (χ3v) is 1.21. The predicted molar refractivity (Wildman–Crippen MR) is 25.3 cm³/mol. The fourth-order valence-electron chi connectivity index (χ4n) is 0.542. The number of amides is 1. The van der Waals surface area contributed by atoms with Crippen molar-refractivity contribution in [2.75, 3.05) is 0 Å². The van der Waals surface area contributed by atoms with Crippen molar-refractivity contribution in [1.82, 2.24) is 0 Å². The molecule has 2 unspecified atom stereocenters. The molecule has 0 spiro atoms. The minimum atomic E-state index is -0.257. The Morgan fingerprint density at radius 1 is 1.71 bits per heavy atom. The Kier molecular flexibility index (Phi) is 0.785. The van der Waals surface area contributed by atoms with Gasteiger partial charge in [-0.15, -0.1) is 0 Å². The Hall–Kier alpha value is -0.570. The van der Waals surface area contributed by atoms with Gasteiger partial charge in [0.25, 0.3) is 0 Å². The topological polar surface area (TPSA) is 69.1 Å². The van der Waals surface area contributed by atoms with E-state index in [0.717, 1.165) is 6.42 Å². The molecule has 2 atom stereocenters. The molecule has 4 N–H and O–H groups in total. The van der Waals surface area contributed by atoms with E-state index in [1.54, 1.807) is 0 Å². The lowest BCUT2D eigenvalue weighted by atomic mass is 10.4. The van der Waals surface area contributed by atoms with Crippen molar-refractivity contribution in [3.05, 3.63) is 0 Å². The zero-order valence-electron chi connectivity index (χ0n) is 3.92. The minimum Gasteiger partial charge on any atom is -0.369 e. The molecule has 1 rings (SSSR count). The average Bonchev–Trinajstić information content (AvgIpc) is 2.17. The van der Waals surface area contributed by atoms with Gasteiger partial charge in [0.2, 0.25) is 5.91 Å². The molecule has 0 aromatic rings. The third-order valence-electron chi connectivity index (χ3n) is 1.21. The predicted octanol–water partition coefficient (Wildman–Crippen LogP) is -1.18. The fraction of sp³-hybridized carbons (Fsp3) is 0.750. The highest BCUT2D eigenvalue weighted by atomic mass is 16.1.